The predicted octanol–water partition coefficient (Wildman–Crippen LogP) is 3.44. The minimum absolute atomic E-state index is 0.270. The summed E-state index contributed by atoms with van der Waals surface area (Å²) in [5.41, 5.74) is 0.532. The average molecular weight is 244 g/mol. The van der Waals surface area contributed by atoms with Gasteiger partial charge in [0.25, 0.3) is 0 Å². The molecule has 1 aromatic rings. The molecule has 0 aliphatic rings. The second-order valence-corrected chi connectivity index (χ2v) is 4.87. The normalized spacial score (nSPS) is 11.5. The van der Waals surface area contributed by atoms with E-state index in [1.54, 1.807) is 0 Å². The molecule has 0 radical (unpaired) electrons. The van der Waals surface area contributed by atoms with Crippen molar-refractivity contribution in [2.45, 2.75) is 26.3 Å². The van der Waals surface area contributed by atoms with Gasteiger partial charge in [0.2, 0.25) is 0 Å². The first-order chi connectivity index (χ1) is 5.91. The summed E-state index contributed by atoms with van der Waals surface area (Å²) in [7, 11) is 0. The fourth-order valence-corrected chi connectivity index (χ4v) is 1.23. The average Bonchev–Trinajstić information content (AvgIpc) is 2.03. The molecule has 0 aromatic heterocycles. The Labute approximate surface area is 87.3 Å². The SMILES string of the molecule is CC(C)(C)N(O)c1ccc(Br)cc1. The number of nitrogens with zero attached hydrogens (tertiary/aromatic N) is 1. The highest BCUT2D eigenvalue weighted by Gasteiger charge is 2.19. The van der Waals surface area contributed by atoms with Crippen LogP contribution in [0.15, 0.2) is 28.7 Å². The van der Waals surface area contributed by atoms with Crippen molar-refractivity contribution in [1.29, 1.82) is 0 Å². The van der Waals surface area contributed by atoms with Gasteiger partial charge in [-0.25, -0.2) is 0 Å². The Balaban J connectivity index is 2.90. The van der Waals surface area contributed by atoms with Crippen LogP contribution >= 0.6 is 15.9 Å². The van der Waals surface area contributed by atoms with Crippen LogP contribution in [0, 0.1) is 0 Å². The molecule has 0 saturated carbocycles. The molecule has 0 heterocycles. The fraction of sp³-hybridized carbons (Fsp3) is 0.400. The van der Waals surface area contributed by atoms with E-state index in [1.807, 2.05) is 45.0 Å². The molecule has 1 rings (SSSR count). The number of rotatable bonds is 1. The molecule has 13 heavy (non-hydrogen) atoms. The van der Waals surface area contributed by atoms with Crippen LogP contribution in [-0.2, 0) is 0 Å². The van der Waals surface area contributed by atoms with E-state index in [2.05, 4.69) is 15.9 Å². The monoisotopic (exact) mass is 243 g/mol. The summed E-state index contributed by atoms with van der Waals surface area (Å²) < 4.78 is 1.01. The second kappa shape index (κ2) is 3.68. The Morgan fingerprint density at radius 2 is 1.62 bits per heavy atom. The maximum Gasteiger partial charge on any atom is 0.0641 e. The van der Waals surface area contributed by atoms with Crippen molar-refractivity contribution in [3.05, 3.63) is 28.7 Å². The number of hydroxylamine groups is 1. The number of benzene rings is 1. The summed E-state index contributed by atoms with van der Waals surface area (Å²) >= 11 is 3.34. The van der Waals surface area contributed by atoms with Crippen molar-refractivity contribution in [3.63, 3.8) is 0 Å². The van der Waals surface area contributed by atoms with E-state index in [0.717, 1.165) is 10.2 Å². The molecule has 0 bridgehead atoms. The van der Waals surface area contributed by atoms with Gasteiger partial charge in [-0.1, -0.05) is 15.9 Å². The zero-order valence-corrected chi connectivity index (χ0v) is 9.67. The zero-order valence-electron chi connectivity index (χ0n) is 8.08. The van der Waals surface area contributed by atoms with Gasteiger partial charge in [-0.15, -0.1) is 0 Å². The maximum atomic E-state index is 9.77. The van der Waals surface area contributed by atoms with Crippen LogP contribution in [0.1, 0.15) is 20.8 Å². The fourth-order valence-electron chi connectivity index (χ4n) is 0.970. The van der Waals surface area contributed by atoms with Gasteiger partial charge in [0.15, 0.2) is 0 Å². The highest BCUT2D eigenvalue weighted by Crippen LogP contribution is 2.23. The van der Waals surface area contributed by atoms with Gasteiger partial charge >= 0.3 is 0 Å². The Morgan fingerprint density at radius 1 is 1.15 bits per heavy atom. The van der Waals surface area contributed by atoms with Crippen molar-refractivity contribution >= 4 is 21.6 Å². The minimum atomic E-state index is -0.270. The van der Waals surface area contributed by atoms with E-state index < -0.39 is 0 Å². The summed E-state index contributed by atoms with van der Waals surface area (Å²) in [6.07, 6.45) is 0. The van der Waals surface area contributed by atoms with Crippen molar-refractivity contribution < 1.29 is 5.21 Å². The lowest BCUT2D eigenvalue weighted by atomic mass is 10.1. The molecule has 2 nitrogen and oxygen atoms in total. The number of hydrogen-bond acceptors (Lipinski definition) is 2. The smallest absolute Gasteiger partial charge is 0.0641 e. The molecule has 0 atom stereocenters. The van der Waals surface area contributed by atoms with Crippen LogP contribution < -0.4 is 5.06 Å². The van der Waals surface area contributed by atoms with E-state index in [0.29, 0.717) is 0 Å². The van der Waals surface area contributed by atoms with Crippen LogP contribution in [0.4, 0.5) is 5.69 Å². The quantitative estimate of drug-likeness (QED) is 0.765. The summed E-state index contributed by atoms with van der Waals surface area (Å²) in [6, 6.07) is 7.55. The van der Waals surface area contributed by atoms with Gasteiger partial charge in [0, 0.05) is 4.47 Å². The molecule has 0 saturated heterocycles. The Hall–Kier alpha value is -0.540. The molecule has 0 amide bonds. The predicted molar refractivity (Wildman–Crippen MR) is 58.2 cm³/mol. The largest absolute Gasteiger partial charge is 0.288 e. The molecule has 0 aliphatic heterocycles. The standard InChI is InChI=1S/C10H14BrNO/c1-10(2,3)12(13)9-6-4-8(11)5-7-9/h4-7,13H,1-3H3. The van der Waals surface area contributed by atoms with E-state index in [9.17, 15) is 5.21 Å². The van der Waals surface area contributed by atoms with Gasteiger partial charge in [-0.05, 0) is 45.0 Å². The lowest BCUT2D eigenvalue weighted by Crippen LogP contribution is -2.38. The molecular weight excluding hydrogens is 230 g/mol. The topological polar surface area (TPSA) is 23.5 Å². The third-order valence-corrected chi connectivity index (χ3v) is 2.24. The molecule has 0 aliphatic carbocycles. The summed E-state index contributed by atoms with van der Waals surface area (Å²) in [5.74, 6) is 0. The van der Waals surface area contributed by atoms with Crippen LogP contribution in [-0.4, -0.2) is 10.7 Å². The lowest BCUT2D eigenvalue weighted by Gasteiger charge is -2.31. The lowest BCUT2D eigenvalue weighted by molar-refractivity contribution is 0.181. The van der Waals surface area contributed by atoms with E-state index >= 15 is 0 Å². The minimum Gasteiger partial charge on any atom is -0.288 e. The third-order valence-electron chi connectivity index (χ3n) is 1.71. The molecule has 1 aromatic carbocycles. The number of anilines is 1. The van der Waals surface area contributed by atoms with Crippen LogP contribution in [0.2, 0.25) is 0 Å². The Morgan fingerprint density at radius 3 is 2.00 bits per heavy atom. The molecule has 0 spiro atoms. The molecule has 1 N–H and O–H groups in total. The van der Waals surface area contributed by atoms with Gasteiger partial charge < -0.3 is 0 Å². The van der Waals surface area contributed by atoms with Crippen molar-refractivity contribution in [2.24, 2.45) is 0 Å². The first-order valence-electron chi connectivity index (χ1n) is 4.16. The molecular formula is C10H14BrNO. The van der Waals surface area contributed by atoms with Gasteiger partial charge in [0.05, 0.1) is 11.2 Å². The Kier molecular flexibility index (Phi) is 2.98. The van der Waals surface area contributed by atoms with E-state index in [-0.39, 0.29) is 5.54 Å². The van der Waals surface area contributed by atoms with E-state index in [4.69, 9.17) is 0 Å². The van der Waals surface area contributed by atoms with Crippen LogP contribution in [0.3, 0.4) is 0 Å². The zero-order chi connectivity index (χ0) is 10.1. The highest BCUT2D eigenvalue weighted by atomic mass is 79.9. The third kappa shape index (κ3) is 2.71. The van der Waals surface area contributed by atoms with Crippen molar-refractivity contribution in [3.8, 4) is 0 Å². The van der Waals surface area contributed by atoms with Gasteiger partial charge in [0.1, 0.15) is 0 Å². The number of halogens is 1. The summed E-state index contributed by atoms with van der Waals surface area (Å²) in [4.78, 5) is 0. The van der Waals surface area contributed by atoms with Crippen LogP contribution in [0.5, 0.6) is 0 Å². The number of hydrogen-bond donors (Lipinski definition) is 1. The summed E-state index contributed by atoms with van der Waals surface area (Å²) in [5, 5.41) is 11.0. The first kappa shape index (κ1) is 10.5. The Bertz CT molecular complexity index is 276. The summed E-state index contributed by atoms with van der Waals surface area (Å²) in [6.45, 7) is 5.86. The highest BCUT2D eigenvalue weighted by molar-refractivity contribution is 9.10. The first-order valence-corrected chi connectivity index (χ1v) is 4.95. The molecule has 0 unspecified atom stereocenters. The molecule has 3 heteroatoms. The second-order valence-electron chi connectivity index (χ2n) is 3.96. The van der Waals surface area contributed by atoms with Gasteiger partial charge in [-0.3, -0.25) is 10.3 Å². The van der Waals surface area contributed by atoms with Crippen molar-refractivity contribution in [2.75, 3.05) is 5.06 Å². The molecule has 0 fully saturated rings. The van der Waals surface area contributed by atoms with E-state index in [1.165, 1.54) is 5.06 Å². The maximum absolute atomic E-state index is 9.77. The van der Waals surface area contributed by atoms with Gasteiger partial charge in [-0.2, -0.15) is 0 Å². The van der Waals surface area contributed by atoms with Crippen LogP contribution in [0.25, 0.3) is 0 Å². The van der Waals surface area contributed by atoms with Crippen molar-refractivity contribution in [1.82, 2.24) is 0 Å². The molecule has 72 valence electrons.